The largest absolute Gasteiger partial charge is 0.508 e. The number of carbonyl (C=O) groups excluding carboxylic acids is 1. The molecule has 0 saturated carbocycles. The van der Waals surface area contributed by atoms with Crippen LogP contribution in [-0.2, 0) is 0 Å². The van der Waals surface area contributed by atoms with E-state index in [4.69, 9.17) is 4.74 Å². The molecule has 0 bridgehead atoms. The Morgan fingerprint density at radius 1 is 0.923 bits per heavy atom. The van der Waals surface area contributed by atoms with Crippen LogP contribution in [0.4, 0.5) is 0 Å². The summed E-state index contributed by atoms with van der Waals surface area (Å²) in [7, 11) is 1.61. The zero-order chi connectivity index (χ0) is 18.1. The van der Waals surface area contributed by atoms with Crippen LogP contribution in [-0.4, -0.2) is 22.4 Å². The van der Waals surface area contributed by atoms with Gasteiger partial charge in [0.2, 0.25) is 5.78 Å². The van der Waals surface area contributed by atoms with E-state index in [0.29, 0.717) is 17.0 Å². The number of benzene rings is 2. The predicted molar refractivity (Wildman–Crippen MR) is 101 cm³/mol. The van der Waals surface area contributed by atoms with Crippen molar-refractivity contribution in [3.05, 3.63) is 90.3 Å². The minimum Gasteiger partial charge on any atom is -0.508 e. The van der Waals surface area contributed by atoms with Gasteiger partial charge < -0.3 is 14.2 Å². The van der Waals surface area contributed by atoms with Crippen LogP contribution in [0.5, 0.6) is 11.5 Å². The maximum absolute atomic E-state index is 13.3. The van der Waals surface area contributed by atoms with Gasteiger partial charge in [-0.05, 0) is 42.0 Å². The molecule has 0 radical (unpaired) electrons. The van der Waals surface area contributed by atoms with E-state index in [1.165, 1.54) is 12.1 Å². The number of carbonyl (C=O) groups is 1. The first-order valence-electron chi connectivity index (χ1n) is 8.27. The topological polar surface area (TPSA) is 50.9 Å². The summed E-state index contributed by atoms with van der Waals surface area (Å²) in [6, 6.07) is 21.8. The second kappa shape index (κ2) is 6.41. The second-order valence-electron chi connectivity index (χ2n) is 5.95. The number of ketones is 1. The summed E-state index contributed by atoms with van der Waals surface area (Å²) < 4.78 is 7.54. The fraction of sp³-hybridized carbons (Fsp3) is 0.0455. The van der Waals surface area contributed by atoms with Gasteiger partial charge in [0.15, 0.2) is 5.75 Å². The highest BCUT2D eigenvalue weighted by Crippen LogP contribution is 2.40. The normalized spacial score (nSPS) is 10.8. The summed E-state index contributed by atoms with van der Waals surface area (Å²) in [5, 5.41) is 9.52. The SMILES string of the molecule is COc1c(-c2ccccc2)c(C(=O)c2ccc(O)cc2)n2ccccc12. The lowest BCUT2D eigenvalue weighted by atomic mass is 9.99. The highest BCUT2D eigenvalue weighted by Gasteiger charge is 2.25. The summed E-state index contributed by atoms with van der Waals surface area (Å²) in [4.78, 5) is 13.3. The number of aromatic nitrogens is 1. The molecule has 4 rings (SSSR count). The van der Waals surface area contributed by atoms with Crippen molar-refractivity contribution in [1.29, 1.82) is 0 Å². The fourth-order valence-corrected chi connectivity index (χ4v) is 3.23. The van der Waals surface area contributed by atoms with Crippen molar-refractivity contribution >= 4 is 11.3 Å². The molecule has 2 aromatic heterocycles. The first-order chi connectivity index (χ1) is 12.7. The quantitative estimate of drug-likeness (QED) is 0.553. The Kier molecular flexibility index (Phi) is 3.93. The maximum Gasteiger partial charge on any atom is 0.210 e. The molecule has 4 heteroatoms. The van der Waals surface area contributed by atoms with Gasteiger partial charge in [0, 0.05) is 11.8 Å². The van der Waals surface area contributed by atoms with Gasteiger partial charge in [0.25, 0.3) is 0 Å². The number of hydrogen-bond acceptors (Lipinski definition) is 3. The van der Waals surface area contributed by atoms with E-state index < -0.39 is 0 Å². The zero-order valence-electron chi connectivity index (χ0n) is 14.2. The van der Waals surface area contributed by atoms with Gasteiger partial charge in [-0.1, -0.05) is 36.4 Å². The highest BCUT2D eigenvalue weighted by molar-refractivity contribution is 6.14. The Morgan fingerprint density at radius 3 is 2.31 bits per heavy atom. The number of pyridine rings is 1. The summed E-state index contributed by atoms with van der Waals surface area (Å²) >= 11 is 0. The Morgan fingerprint density at radius 2 is 1.62 bits per heavy atom. The van der Waals surface area contributed by atoms with Crippen molar-refractivity contribution in [2.75, 3.05) is 7.11 Å². The molecule has 0 aliphatic heterocycles. The lowest BCUT2D eigenvalue weighted by Gasteiger charge is -2.08. The number of rotatable bonds is 4. The van der Waals surface area contributed by atoms with E-state index in [9.17, 15) is 9.90 Å². The lowest BCUT2D eigenvalue weighted by Crippen LogP contribution is -2.06. The van der Waals surface area contributed by atoms with Crippen molar-refractivity contribution < 1.29 is 14.6 Å². The molecule has 0 atom stereocenters. The number of hydrogen-bond donors (Lipinski definition) is 1. The third kappa shape index (κ3) is 2.52. The number of phenolic OH excluding ortho intramolecular Hbond substituents is 1. The molecule has 2 aromatic carbocycles. The average molecular weight is 343 g/mol. The van der Waals surface area contributed by atoms with E-state index in [0.717, 1.165) is 16.6 Å². The third-order valence-electron chi connectivity index (χ3n) is 4.41. The molecule has 0 amide bonds. The number of aromatic hydroxyl groups is 1. The number of ether oxygens (including phenoxy) is 1. The lowest BCUT2D eigenvalue weighted by molar-refractivity contribution is 0.103. The van der Waals surface area contributed by atoms with Crippen molar-refractivity contribution in [2.45, 2.75) is 0 Å². The van der Waals surface area contributed by atoms with Crippen LogP contribution in [0.1, 0.15) is 16.1 Å². The molecule has 0 fully saturated rings. The summed E-state index contributed by atoms with van der Waals surface area (Å²) in [6.07, 6.45) is 1.86. The molecule has 4 nitrogen and oxygen atoms in total. The molecule has 0 saturated heterocycles. The monoisotopic (exact) mass is 343 g/mol. The minimum atomic E-state index is -0.131. The van der Waals surface area contributed by atoms with Crippen LogP contribution in [0.3, 0.4) is 0 Å². The Labute approximate surface area is 150 Å². The van der Waals surface area contributed by atoms with Gasteiger partial charge in [-0.2, -0.15) is 0 Å². The number of nitrogens with zero attached hydrogens (tertiary/aromatic N) is 1. The van der Waals surface area contributed by atoms with Crippen LogP contribution >= 0.6 is 0 Å². The zero-order valence-corrected chi connectivity index (χ0v) is 14.2. The predicted octanol–water partition coefficient (Wildman–Crippen LogP) is 4.55. The summed E-state index contributed by atoms with van der Waals surface area (Å²) in [5.74, 6) is 0.662. The molecule has 0 unspecified atom stereocenters. The van der Waals surface area contributed by atoms with Gasteiger partial charge >= 0.3 is 0 Å². The third-order valence-corrected chi connectivity index (χ3v) is 4.41. The average Bonchev–Trinajstić information content (AvgIpc) is 3.03. The summed E-state index contributed by atoms with van der Waals surface area (Å²) in [6.45, 7) is 0. The number of phenols is 1. The van der Waals surface area contributed by atoms with Gasteiger partial charge in [0.1, 0.15) is 11.4 Å². The Balaban J connectivity index is 2.04. The standard InChI is InChI=1S/C22H17NO3/c1-26-22-18-9-5-6-14-23(18)20(19(22)15-7-3-2-4-8-15)21(25)16-10-12-17(24)13-11-16/h2-14,24H,1H3. The molecule has 4 aromatic rings. The Bertz CT molecular complexity index is 1080. The van der Waals surface area contributed by atoms with E-state index in [1.807, 2.05) is 59.1 Å². The van der Waals surface area contributed by atoms with Crippen molar-refractivity contribution in [3.8, 4) is 22.6 Å². The van der Waals surface area contributed by atoms with Gasteiger partial charge in [-0.25, -0.2) is 0 Å². The van der Waals surface area contributed by atoms with Crippen LogP contribution in [0.25, 0.3) is 16.6 Å². The van der Waals surface area contributed by atoms with Crippen molar-refractivity contribution in [2.24, 2.45) is 0 Å². The number of methoxy groups -OCH3 is 1. The molecule has 0 aliphatic carbocycles. The van der Waals surface area contributed by atoms with Gasteiger partial charge in [0.05, 0.1) is 18.2 Å². The molecular formula is C22H17NO3. The smallest absolute Gasteiger partial charge is 0.210 e. The molecule has 0 spiro atoms. The molecule has 1 N–H and O–H groups in total. The first-order valence-corrected chi connectivity index (χ1v) is 8.27. The molecule has 128 valence electrons. The van der Waals surface area contributed by atoms with Gasteiger partial charge in [-0.15, -0.1) is 0 Å². The highest BCUT2D eigenvalue weighted by atomic mass is 16.5. The van der Waals surface area contributed by atoms with Crippen LogP contribution in [0.2, 0.25) is 0 Å². The molecule has 26 heavy (non-hydrogen) atoms. The molecule has 0 aliphatic rings. The van der Waals surface area contributed by atoms with Crippen molar-refractivity contribution in [3.63, 3.8) is 0 Å². The van der Waals surface area contributed by atoms with Gasteiger partial charge in [-0.3, -0.25) is 4.79 Å². The van der Waals surface area contributed by atoms with E-state index >= 15 is 0 Å². The van der Waals surface area contributed by atoms with Crippen molar-refractivity contribution in [1.82, 2.24) is 4.40 Å². The van der Waals surface area contributed by atoms with E-state index in [1.54, 1.807) is 19.2 Å². The number of fused-ring (bicyclic) bond motifs is 1. The maximum atomic E-state index is 13.3. The first kappa shape index (κ1) is 16.0. The Hall–Kier alpha value is -3.53. The minimum absolute atomic E-state index is 0.127. The van der Waals surface area contributed by atoms with Crippen LogP contribution < -0.4 is 4.74 Å². The van der Waals surface area contributed by atoms with Crippen LogP contribution in [0, 0.1) is 0 Å². The summed E-state index contributed by atoms with van der Waals surface area (Å²) in [5.41, 5.74) is 3.55. The fourth-order valence-electron chi connectivity index (χ4n) is 3.23. The van der Waals surface area contributed by atoms with Crippen LogP contribution in [0.15, 0.2) is 79.0 Å². The van der Waals surface area contributed by atoms with E-state index in [-0.39, 0.29) is 11.5 Å². The van der Waals surface area contributed by atoms with E-state index in [2.05, 4.69) is 0 Å². The molecular weight excluding hydrogens is 326 g/mol. The second-order valence-corrected chi connectivity index (χ2v) is 5.95. The molecule has 2 heterocycles.